The first kappa shape index (κ1) is 18.5. The first-order valence-electron chi connectivity index (χ1n) is 8.76. The second-order valence-electron chi connectivity index (χ2n) is 7.43. The van der Waals surface area contributed by atoms with Gasteiger partial charge in [0.2, 0.25) is 0 Å². The molecule has 1 aromatic carbocycles. The smallest absolute Gasteiger partial charge is 0.129 e. The highest BCUT2D eigenvalue weighted by molar-refractivity contribution is 5.70. The maximum absolute atomic E-state index is 10.1. The third kappa shape index (κ3) is 4.84. The van der Waals surface area contributed by atoms with Crippen LogP contribution in [0.25, 0.3) is 11.3 Å². The van der Waals surface area contributed by atoms with E-state index in [0.29, 0.717) is 6.54 Å². The first-order chi connectivity index (χ1) is 11.2. The second-order valence-corrected chi connectivity index (χ2v) is 7.43. The third-order valence-corrected chi connectivity index (χ3v) is 3.66. The van der Waals surface area contributed by atoms with Crippen molar-refractivity contribution in [1.29, 1.82) is 0 Å². The molecule has 0 atom stereocenters. The van der Waals surface area contributed by atoms with E-state index < -0.39 is 5.60 Å². The van der Waals surface area contributed by atoms with E-state index in [1.165, 1.54) is 11.1 Å². The van der Waals surface area contributed by atoms with Crippen LogP contribution in [0.1, 0.15) is 52.2 Å². The number of benzene rings is 1. The molecule has 0 radical (unpaired) electrons. The van der Waals surface area contributed by atoms with Crippen LogP contribution in [0.3, 0.4) is 0 Å². The SMILES string of the molecule is CCCc1cn(CC(C)(C)O)nc1-c1cc(C)ccc1OC(C)C. The summed E-state index contributed by atoms with van der Waals surface area (Å²) < 4.78 is 7.85. The Hall–Kier alpha value is -1.81. The van der Waals surface area contributed by atoms with E-state index in [1.54, 1.807) is 13.8 Å². The first-order valence-corrected chi connectivity index (χ1v) is 8.76. The Morgan fingerprint density at radius 3 is 2.58 bits per heavy atom. The molecule has 4 heteroatoms. The molecule has 0 fully saturated rings. The van der Waals surface area contributed by atoms with Crippen molar-refractivity contribution in [3.63, 3.8) is 0 Å². The highest BCUT2D eigenvalue weighted by Gasteiger charge is 2.19. The van der Waals surface area contributed by atoms with E-state index in [2.05, 4.69) is 32.2 Å². The zero-order chi connectivity index (χ0) is 17.9. The summed E-state index contributed by atoms with van der Waals surface area (Å²) in [4.78, 5) is 0. The molecule has 0 bridgehead atoms. The maximum Gasteiger partial charge on any atom is 0.129 e. The van der Waals surface area contributed by atoms with Crippen molar-refractivity contribution in [1.82, 2.24) is 9.78 Å². The summed E-state index contributed by atoms with van der Waals surface area (Å²) in [6.07, 6.45) is 4.17. The zero-order valence-electron chi connectivity index (χ0n) is 15.8. The van der Waals surface area contributed by atoms with Gasteiger partial charge < -0.3 is 9.84 Å². The minimum Gasteiger partial charge on any atom is -0.490 e. The molecule has 0 unspecified atom stereocenters. The number of aryl methyl sites for hydroxylation is 2. The van der Waals surface area contributed by atoms with Gasteiger partial charge >= 0.3 is 0 Å². The Balaban J connectivity index is 2.51. The van der Waals surface area contributed by atoms with Gasteiger partial charge in [0, 0.05) is 11.8 Å². The molecule has 1 aromatic heterocycles. The Labute approximate surface area is 145 Å². The lowest BCUT2D eigenvalue weighted by molar-refractivity contribution is 0.0578. The number of hydrogen-bond donors (Lipinski definition) is 1. The van der Waals surface area contributed by atoms with Crippen molar-refractivity contribution in [2.75, 3.05) is 0 Å². The standard InChI is InChI=1S/C20H30N2O2/c1-7-8-16-12-22(13-20(5,6)23)21-19(16)17-11-15(4)9-10-18(17)24-14(2)3/h9-12,14,23H,7-8,13H2,1-6H3. The molecule has 2 rings (SSSR count). The highest BCUT2D eigenvalue weighted by Crippen LogP contribution is 2.33. The Morgan fingerprint density at radius 1 is 1.29 bits per heavy atom. The van der Waals surface area contributed by atoms with Crippen LogP contribution in [0, 0.1) is 6.92 Å². The number of nitrogens with zero attached hydrogens (tertiary/aromatic N) is 2. The van der Waals surface area contributed by atoms with Crippen LogP contribution in [0.15, 0.2) is 24.4 Å². The quantitative estimate of drug-likeness (QED) is 0.820. The summed E-state index contributed by atoms with van der Waals surface area (Å²) in [5.74, 6) is 0.862. The van der Waals surface area contributed by atoms with Crippen molar-refractivity contribution in [2.45, 2.75) is 72.6 Å². The average molecular weight is 330 g/mol. The maximum atomic E-state index is 10.1. The summed E-state index contributed by atoms with van der Waals surface area (Å²) in [7, 11) is 0. The summed E-state index contributed by atoms with van der Waals surface area (Å²) in [6, 6.07) is 6.22. The molecular weight excluding hydrogens is 300 g/mol. The van der Waals surface area contributed by atoms with Crippen LogP contribution in [-0.2, 0) is 13.0 Å². The van der Waals surface area contributed by atoms with Crippen LogP contribution >= 0.6 is 0 Å². The van der Waals surface area contributed by atoms with Crippen molar-refractivity contribution < 1.29 is 9.84 Å². The molecule has 2 aromatic rings. The van der Waals surface area contributed by atoms with Crippen LogP contribution in [0.5, 0.6) is 5.75 Å². The van der Waals surface area contributed by atoms with E-state index in [9.17, 15) is 5.11 Å². The van der Waals surface area contributed by atoms with Crippen LogP contribution < -0.4 is 4.74 Å². The molecule has 0 saturated heterocycles. The van der Waals surface area contributed by atoms with Crippen LogP contribution in [-0.4, -0.2) is 26.6 Å². The molecule has 0 amide bonds. The Morgan fingerprint density at radius 2 is 2.00 bits per heavy atom. The summed E-state index contributed by atoms with van der Waals surface area (Å²) in [6.45, 7) is 12.4. The predicted molar refractivity (Wildman–Crippen MR) is 98.5 cm³/mol. The normalized spacial score (nSPS) is 12.0. The number of rotatable bonds is 7. The van der Waals surface area contributed by atoms with Gasteiger partial charge in [0.25, 0.3) is 0 Å². The Kier molecular flexibility index (Phi) is 5.70. The average Bonchev–Trinajstić information content (AvgIpc) is 2.81. The molecule has 0 aliphatic heterocycles. The minimum absolute atomic E-state index is 0.111. The highest BCUT2D eigenvalue weighted by atomic mass is 16.5. The van der Waals surface area contributed by atoms with Gasteiger partial charge in [0.05, 0.1) is 23.9 Å². The van der Waals surface area contributed by atoms with Crippen molar-refractivity contribution >= 4 is 0 Å². The van der Waals surface area contributed by atoms with E-state index in [1.807, 2.05) is 24.6 Å². The lowest BCUT2D eigenvalue weighted by Gasteiger charge is -2.17. The van der Waals surface area contributed by atoms with Crippen LogP contribution in [0.2, 0.25) is 0 Å². The van der Waals surface area contributed by atoms with E-state index in [-0.39, 0.29) is 6.10 Å². The summed E-state index contributed by atoms with van der Waals surface area (Å²) in [5, 5.41) is 14.9. The second kappa shape index (κ2) is 7.39. The largest absolute Gasteiger partial charge is 0.490 e. The number of ether oxygens (including phenoxy) is 1. The molecule has 0 saturated carbocycles. The van der Waals surface area contributed by atoms with Gasteiger partial charge in [-0.05, 0) is 58.7 Å². The molecule has 0 spiro atoms. The van der Waals surface area contributed by atoms with Gasteiger partial charge in [-0.25, -0.2) is 0 Å². The van der Waals surface area contributed by atoms with E-state index >= 15 is 0 Å². The third-order valence-electron chi connectivity index (χ3n) is 3.66. The monoisotopic (exact) mass is 330 g/mol. The molecule has 24 heavy (non-hydrogen) atoms. The van der Waals surface area contributed by atoms with Gasteiger partial charge in [-0.15, -0.1) is 0 Å². The summed E-state index contributed by atoms with van der Waals surface area (Å²) >= 11 is 0. The van der Waals surface area contributed by atoms with Gasteiger partial charge in [-0.2, -0.15) is 5.10 Å². The van der Waals surface area contributed by atoms with E-state index in [4.69, 9.17) is 9.84 Å². The lowest BCUT2D eigenvalue weighted by Crippen LogP contribution is -2.26. The molecule has 0 aliphatic rings. The van der Waals surface area contributed by atoms with Gasteiger partial charge in [-0.3, -0.25) is 4.68 Å². The number of hydrogen-bond acceptors (Lipinski definition) is 3. The molecule has 0 aliphatic carbocycles. The van der Waals surface area contributed by atoms with Crippen molar-refractivity contribution in [2.24, 2.45) is 0 Å². The Bertz CT molecular complexity index is 681. The lowest BCUT2D eigenvalue weighted by atomic mass is 10.0. The minimum atomic E-state index is -0.795. The van der Waals surface area contributed by atoms with Crippen molar-refractivity contribution in [3.05, 3.63) is 35.5 Å². The number of aliphatic hydroxyl groups is 1. The zero-order valence-corrected chi connectivity index (χ0v) is 15.8. The predicted octanol–water partition coefficient (Wildman–Crippen LogP) is 4.37. The molecular formula is C20H30N2O2. The molecule has 132 valence electrons. The van der Waals surface area contributed by atoms with Gasteiger partial charge in [0.15, 0.2) is 0 Å². The topological polar surface area (TPSA) is 47.3 Å². The summed E-state index contributed by atoms with van der Waals surface area (Å²) in [5.41, 5.74) is 3.57. The van der Waals surface area contributed by atoms with E-state index in [0.717, 1.165) is 29.8 Å². The van der Waals surface area contributed by atoms with Gasteiger partial charge in [0.1, 0.15) is 5.75 Å². The van der Waals surface area contributed by atoms with Crippen LogP contribution in [0.4, 0.5) is 0 Å². The molecule has 4 nitrogen and oxygen atoms in total. The fourth-order valence-electron chi connectivity index (χ4n) is 2.80. The fourth-order valence-corrected chi connectivity index (χ4v) is 2.80. The van der Waals surface area contributed by atoms with Crippen molar-refractivity contribution in [3.8, 4) is 17.0 Å². The number of aromatic nitrogens is 2. The molecule has 1 heterocycles. The molecule has 1 N–H and O–H groups in total. The fraction of sp³-hybridized carbons (Fsp3) is 0.550. The van der Waals surface area contributed by atoms with Gasteiger partial charge in [-0.1, -0.05) is 25.0 Å².